The number of nitrogens with zero attached hydrogens (tertiary/aromatic N) is 4. The van der Waals surface area contributed by atoms with Crippen LogP contribution in [0.1, 0.15) is 40.9 Å². The van der Waals surface area contributed by atoms with Crippen molar-refractivity contribution < 1.29 is 27.8 Å². The number of halogens is 4. The molecule has 35 heavy (non-hydrogen) atoms. The van der Waals surface area contributed by atoms with Gasteiger partial charge in [-0.2, -0.15) is 18.4 Å². The SMILES string of the molecule is N#Cc1ccc(-n2c(O)c3n(c2=O)[C@H]2C[C@@H]3N(C(=O)OCc3ccccc3Cl)C2)cc1C(F)(F)F. The number of alkyl halides is 3. The number of hydrogen-bond donors (Lipinski definition) is 1. The summed E-state index contributed by atoms with van der Waals surface area (Å²) in [7, 11) is 0. The molecule has 12 heteroatoms. The first-order valence-electron chi connectivity index (χ1n) is 10.5. The maximum atomic E-state index is 13.4. The zero-order valence-corrected chi connectivity index (χ0v) is 18.5. The summed E-state index contributed by atoms with van der Waals surface area (Å²) < 4.78 is 47.7. The third kappa shape index (κ3) is 3.61. The molecule has 3 aromatic rings. The molecular weight excluding hydrogens is 489 g/mol. The largest absolute Gasteiger partial charge is 0.493 e. The van der Waals surface area contributed by atoms with Crippen molar-refractivity contribution >= 4 is 17.7 Å². The van der Waals surface area contributed by atoms with Crippen molar-refractivity contribution in [2.45, 2.75) is 31.3 Å². The van der Waals surface area contributed by atoms with Crippen LogP contribution in [0.4, 0.5) is 18.0 Å². The van der Waals surface area contributed by atoms with E-state index in [2.05, 4.69) is 0 Å². The van der Waals surface area contributed by atoms with Gasteiger partial charge in [-0.15, -0.1) is 0 Å². The van der Waals surface area contributed by atoms with Gasteiger partial charge in [0.1, 0.15) is 12.3 Å². The van der Waals surface area contributed by atoms with Crippen molar-refractivity contribution in [2.75, 3.05) is 6.54 Å². The number of benzene rings is 2. The standard InChI is InChI=1S/C23H16ClF3N4O4/c24-17-4-2-1-3-13(17)11-35-22(34)29-10-15-8-18(29)19-20(32)31(21(33)30(15)19)14-6-5-12(9-28)16(7-14)23(25,26)27/h1-7,15,18,32H,8,10-11H2/t15-,18-/m0/s1. The highest BCUT2D eigenvalue weighted by Gasteiger charge is 2.50. The summed E-state index contributed by atoms with van der Waals surface area (Å²) in [5.41, 5.74) is -2.06. The molecule has 0 aliphatic carbocycles. The molecule has 3 heterocycles. The number of imidazole rings is 1. The Labute approximate surface area is 200 Å². The molecule has 2 aromatic carbocycles. The number of hydrogen-bond acceptors (Lipinski definition) is 5. The number of amides is 1. The average molecular weight is 505 g/mol. The molecule has 1 saturated heterocycles. The zero-order chi connectivity index (χ0) is 25.1. The van der Waals surface area contributed by atoms with Gasteiger partial charge in [0.15, 0.2) is 0 Å². The summed E-state index contributed by atoms with van der Waals surface area (Å²) in [6.45, 7) is 0.0706. The average Bonchev–Trinajstić information content (AvgIpc) is 3.48. The minimum absolute atomic E-state index is 0.0718. The van der Waals surface area contributed by atoms with Crippen LogP contribution in [0.3, 0.4) is 0 Å². The summed E-state index contributed by atoms with van der Waals surface area (Å²) in [6.07, 6.45) is -5.13. The van der Waals surface area contributed by atoms with E-state index >= 15 is 0 Å². The lowest BCUT2D eigenvalue weighted by molar-refractivity contribution is -0.137. The molecule has 180 valence electrons. The molecule has 0 radical (unpaired) electrons. The van der Waals surface area contributed by atoms with Crippen LogP contribution in [0.25, 0.3) is 5.69 Å². The minimum Gasteiger partial charge on any atom is -0.493 e. The molecule has 5 rings (SSSR count). The van der Waals surface area contributed by atoms with Gasteiger partial charge in [0, 0.05) is 17.1 Å². The maximum absolute atomic E-state index is 13.4. The molecule has 0 spiro atoms. The van der Waals surface area contributed by atoms with Crippen LogP contribution in [0, 0.1) is 11.3 Å². The van der Waals surface area contributed by atoms with E-state index in [1.54, 1.807) is 24.3 Å². The number of carbonyl (C=O) groups is 1. The highest BCUT2D eigenvalue weighted by Crippen LogP contribution is 2.49. The summed E-state index contributed by atoms with van der Waals surface area (Å²) in [4.78, 5) is 27.2. The number of rotatable bonds is 3. The molecule has 2 bridgehead atoms. The van der Waals surface area contributed by atoms with E-state index in [1.165, 1.54) is 15.5 Å². The number of fused-ring (bicyclic) bond motifs is 5. The zero-order valence-electron chi connectivity index (χ0n) is 17.8. The number of ether oxygens (including phenoxy) is 1. The summed E-state index contributed by atoms with van der Waals surface area (Å²) in [5.74, 6) is -0.566. The molecular formula is C23H16ClF3N4O4. The maximum Gasteiger partial charge on any atom is 0.417 e. The molecule has 1 amide bonds. The fourth-order valence-corrected chi connectivity index (χ4v) is 4.91. The fourth-order valence-electron chi connectivity index (χ4n) is 4.72. The highest BCUT2D eigenvalue weighted by atomic mass is 35.5. The van der Waals surface area contributed by atoms with Crippen molar-refractivity contribution in [1.82, 2.24) is 14.0 Å². The van der Waals surface area contributed by atoms with Crippen LogP contribution < -0.4 is 5.69 Å². The van der Waals surface area contributed by atoms with E-state index in [9.17, 15) is 27.9 Å². The molecule has 0 saturated carbocycles. The van der Waals surface area contributed by atoms with Gasteiger partial charge in [0.2, 0.25) is 5.88 Å². The van der Waals surface area contributed by atoms with Crippen molar-refractivity contribution in [3.8, 4) is 17.6 Å². The van der Waals surface area contributed by atoms with E-state index in [0.717, 1.165) is 16.7 Å². The minimum atomic E-state index is -4.83. The monoisotopic (exact) mass is 504 g/mol. The Kier molecular flexibility index (Phi) is 5.29. The van der Waals surface area contributed by atoms with Crippen LogP contribution in [0.5, 0.6) is 5.88 Å². The molecule has 2 aliphatic heterocycles. The van der Waals surface area contributed by atoms with E-state index in [4.69, 9.17) is 21.6 Å². The topological polar surface area (TPSA) is 100 Å². The van der Waals surface area contributed by atoms with Gasteiger partial charge in [0.25, 0.3) is 0 Å². The smallest absolute Gasteiger partial charge is 0.417 e. The van der Waals surface area contributed by atoms with Gasteiger partial charge >= 0.3 is 18.0 Å². The van der Waals surface area contributed by atoms with Crippen molar-refractivity contribution in [3.63, 3.8) is 0 Å². The molecule has 8 nitrogen and oxygen atoms in total. The quantitative estimate of drug-likeness (QED) is 0.565. The number of likely N-dealkylation sites (tertiary alicyclic amines) is 1. The molecule has 2 atom stereocenters. The first-order chi connectivity index (χ1) is 16.6. The van der Waals surface area contributed by atoms with Gasteiger partial charge in [-0.1, -0.05) is 29.8 Å². The summed E-state index contributed by atoms with van der Waals surface area (Å²) >= 11 is 6.09. The van der Waals surface area contributed by atoms with Crippen molar-refractivity contribution in [3.05, 3.63) is 80.4 Å². The molecule has 2 aliphatic rings. The van der Waals surface area contributed by atoms with E-state index < -0.39 is 47.0 Å². The van der Waals surface area contributed by atoms with Gasteiger partial charge in [-0.05, 0) is 30.7 Å². The lowest BCUT2D eigenvalue weighted by Gasteiger charge is -2.27. The first-order valence-corrected chi connectivity index (χ1v) is 10.8. The van der Waals surface area contributed by atoms with Crippen LogP contribution in [0.2, 0.25) is 5.02 Å². The third-order valence-corrected chi connectivity index (χ3v) is 6.66. The van der Waals surface area contributed by atoms with E-state index in [-0.39, 0.29) is 24.5 Å². The van der Waals surface area contributed by atoms with Crippen LogP contribution in [-0.2, 0) is 17.5 Å². The second-order valence-electron chi connectivity index (χ2n) is 8.24. The number of nitriles is 1. The lowest BCUT2D eigenvalue weighted by Crippen LogP contribution is -2.38. The Morgan fingerprint density at radius 2 is 2.00 bits per heavy atom. The van der Waals surface area contributed by atoms with Gasteiger partial charge in [-0.3, -0.25) is 9.47 Å². The Hall–Kier alpha value is -3.91. The lowest BCUT2D eigenvalue weighted by atomic mass is 10.1. The summed E-state index contributed by atoms with van der Waals surface area (Å²) in [6, 6.07) is 9.93. The molecule has 0 unspecified atom stereocenters. The Balaban J connectivity index is 1.46. The molecule has 1 fully saturated rings. The van der Waals surface area contributed by atoms with Gasteiger partial charge in [0.05, 0.1) is 35.0 Å². The fraction of sp³-hybridized carbons (Fsp3) is 0.261. The van der Waals surface area contributed by atoms with Crippen LogP contribution in [-0.4, -0.2) is 31.8 Å². The molecule has 1 N–H and O–H groups in total. The normalized spacial score (nSPS) is 18.4. The van der Waals surface area contributed by atoms with Gasteiger partial charge < -0.3 is 9.84 Å². The predicted octanol–water partition coefficient (Wildman–Crippen LogP) is 4.53. The highest BCUT2D eigenvalue weighted by molar-refractivity contribution is 6.31. The third-order valence-electron chi connectivity index (χ3n) is 6.29. The Morgan fingerprint density at radius 1 is 1.26 bits per heavy atom. The first kappa shape index (κ1) is 22.9. The number of aromatic nitrogens is 2. The predicted molar refractivity (Wildman–Crippen MR) is 116 cm³/mol. The second-order valence-corrected chi connectivity index (χ2v) is 8.65. The van der Waals surface area contributed by atoms with Crippen molar-refractivity contribution in [1.29, 1.82) is 5.26 Å². The van der Waals surface area contributed by atoms with E-state index in [0.29, 0.717) is 23.1 Å². The van der Waals surface area contributed by atoms with Crippen molar-refractivity contribution in [2.24, 2.45) is 0 Å². The number of carbonyl (C=O) groups excluding carboxylic acids is 1. The van der Waals surface area contributed by atoms with Crippen LogP contribution in [0.15, 0.2) is 47.3 Å². The summed E-state index contributed by atoms with van der Waals surface area (Å²) in [5, 5.41) is 20.3. The van der Waals surface area contributed by atoms with Crippen LogP contribution >= 0.6 is 11.6 Å². The number of aromatic hydroxyl groups is 1. The second kappa shape index (κ2) is 8.09. The Morgan fingerprint density at radius 3 is 2.69 bits per heavy atom. The van der Waals surface area contributed by atoms with Gasteiger partial charge in [-0.25, -0.2) is 14.2 Å². The molecule has 1 aromatic heterocycles. The Bertz CT molecular complexity index is 1460. The van der Waals surface area contributed by atoms with E-state index in [1.807, 2.05) is 0 Å².